The topological polar surface area (TPSA) is 56.4 Å². The summed E-state index contributed by atoms with van der Waals surface area (Å²) in [4.78, 5) is 32.8. The number of alkyl halides is 3. The number of H-pyrrole nitrogens is 1. The minimum Gasteiger partial charge on any atom is -0.361 e. The number of carbonyl (C=O) groups is 2. The van der Waals surface area contributed by atoms with Gasteiger partial charge in [-0.2, -0.15) is 13.2 Å². The van der Waals surface area contributed by atoms with Crippen LogP contribution < -0.4 is 0 Å². The smallest absolute Gasteiger partial charge is 0.361 e. The fourth-order valence-electron chi connectivity index (χ4n) is 4.43. The van der Waals surface area contributed by atoms with Crippen LogP contribution in [-0.2, 0) is 23.9 Å². The number of rotatable bonds is 9. The first-order chi connectivity index (χ1) is 18.5. The summed E-state index contributed by atoms with van der Waals surface area (Å²) in [7, 11) is 0. The lowest BCUT2D eigenvalue weighted by atomic mass is 10.1. The van der Waals surface area contributed by atoms with Crippen molar-refractivity contribution in [1.82, 2.24) is 14.8 Å². The molecule has 0 unspecified atom stereocenters. The zero-order valence-electron chi connectivity index (χ0n) is 21.6. The number of nitrogens with one attached hydrogen (secondary N) is 1. The predicted molar refractivity (Wildman–Crippen MR) is 141 cm³/mol. The van der Waals surface area contributed by atoms with E-state index in [1.54, 1.807) is 19.9 Å². The number of nitrogens with zero attached hydrogens (tertiary/aromatic N) is 2. The molecule has 1 heterocycles. The molecule has 1 aromatic heterocycles. The molecule has 0 spiro atoms. The molecule has 3 aromatic carbocycles. The zero-order valence-corrected chi connectivity index (χ0v) is 21.6. The van der Waals surface area contributed by atoms with E-state index >= 15 is 0 Å². The molecule has 4 rings (SSSR count). The maximum atomic E-state index is 14.3. The first-order valence-electron chi connectivity index (χ1n) is 12.6. The highest BCUT2D eigenvalue weighted by Gasteiger charge is 2.30. The van der Waals surface area contributed by atoms with E-state index in [4.69, 9.17) is 0 Å². The summed E-state index contributed by atoms with van der Waals surface area (Å²) in [5.41, 5.74) is 1.55. The lowest BCUT2D eigenvalue weighted by molar-refractivity contribution is -0.137. The van der Waals surface area contributed by atoms with E-state index in [1.807, 2.05) is 30.5 Å². The number of benzene rings is 3. The van der Waals surface area contributed by atoms with Gasteiger partial charge in [-0.3, -0.25) is 9.59 Å². The maximum Gasteiger partial charge on any atom is 0.416 e. The molecular formula is C30H29F4N3O2. The second kappa shape index (κ2) is 11.7. The van der Waals surface area contributed by atoms with Crippen LogP contribution in [0.25, 0.3) is 10.9 Å². The van der Waals surface area contributed by atoms with Crippen LogP contribution in [0.3, 0.4) is 0 Å². The summed E-state index contributed by atoms with van der Waals surface area (Å²) in [5, 5.41) is 1.01. The van der Waals surface area contributed by atoms with E-state index in [0.717, 1.165) is 28.6 Å². The molecule has 0 radical (unpaired) electrons. The molecule has 0 saturated carbocycles. The van der Waals surface area contributed by atoms with Gasteiger partial charge in [0.1, 0.15) is 12.4 Å². The van der Waals surface area contributed by atoms with Gasteiger partial charge in [0.25, 0.3) is 5.91 Å². The van der Waals surface area contributed by atoms with Crippen LogP contribution in [0.15, 0.2) is 79.0 Å². The van der Waals surface area contributed by atoms with Crippen molar-refractivity contribution in [2.45, 2.75) is 39.0 Å². The van der Waals surface area contributed by atoms with Crippen LogP contribution in [0.2, 0.25) is 0 Å². The lowest BCUT2D eigenvalue weighted by Crippen LogP contribution is -2.46. The lowest BCUT2D eigenvalue weighted by Gasteiger charge is -2.30. The van der Waals surface area contributed by atoms with Crippen molar-refractivity contribution in [3.8, 4) is 0 Å². The molecule has 204 valence electrons. The van der Waals surface area contributed by atoms with Crippen molar-refractivity contribution < 1.29 is 27.2 Å². The molecule has 0 saturated heterocycles. The summed E-state index contributed by atoms with van der Waals surface area (Å²) in [5.74, 6) is -1.68. The summed E-state index contributed by atoms with van der Waals surface area (Å²) >= 11 is 0. The summed E-state index contributed by atoms with van der Waals surface area (Å²) in [6, 6.07) is 17.6. The van der Waals surface area contributed by atoms with Gasteiger partial charge in [-0.1, -0.05) is 42.5 Å². The van der Waals surface area contributed by atoms with E-state index in [9.17, 15) is 27.2 Å². The quantitative estimate of drug-likeness (QED) is 0.249. The number of aromatic amines is 1. The molecule has 0 aliphatic heterocycles. The van der Waals surface area contributed by atoms with Crippen LogP contribution >= 0.6 is 0 Å². The minimum absolute atomic E-state index is 0.0547. The van der Waals surface area contributed by atoms with Gasteiger partial charge >= 0.3 is 6.18 Å². The molecule has 4 aromatic rings. The molecule has 0 bridgehead atoms. The van der Waals surface area contributed by atoms with Crippen LogP contribution in [0.4, 0.5) is 17.6 Å². The van der Waals surface area contributed by atoms with Crippen molar-refractivity contribution >= 4 is 22.7 Å². The Morgan fingerprint density at radius 2 is 1.59 bits per heavy atom. The highest BCUT2D eigenvalue weighted by atomic mass is 19.4. The van der Waals surface area contributed by atoms with Crippen molar-refractivity contribution in [2.75, 3.05) is 13.1 Å². The highest BCUT2D eigenvalue weighted by molar-refractivity contribution is 5.97. The van der Waals surface area contributed by atoms with Crippen LogP contribution in [0.1, 0.15) is 40.9 Å². The second-order valence-electron chi connectivity index (χ2n) is 9.63. The van der Waals surface area contributed by atoms with E-state index in [2.05, 4.69) is 4.98 Å². The van der Waals surface area contributed by atoms with Crippen molar-refractivity contribution in [1.29, 1.82) is 0 Å². The Morgan fingerprint density at radius 3 is 2.26 bits per heavy atom. The third kappa shape index (κ3) is 6.66. The van der Waals surface area contributed by atoms with E-state index in [-0.39, 0.29) is 25.2 Å². The van der Waals surface area contributed by atoms with E-state index < -0.39 is 35.4 Å². The molecular weight excluding hydrogens is 510 g/mol. The minimum atomic E-state index is -4.46. The third-order valence-corrected chi connectivity index (χ3v) is 6.63. The second-order valence-corrected chi connectivity index (χ2v) is 9.63. The standard InChI is InChI=1S/C30H29F4N3O2/c1-20(2)37(29(39)25-8-3-5-9-26(25)31)19-28(38)36(18-21-11-13-23(14-12-21)30(32,33)34)16-15-22-17-35-27-10-6-4-7-24(22)27/h3-14,17,20,35H,15-16,18-19H2,1-2H3. The Labute approximate surface area is 224 Å². The van der Waals surface area contributed by atoms with E-state index in [1.165, 1.54) is 40.1 Å². The molecule has 5 nitrogen and oxygen atoms in total. The number of aromatic nitrogens is 1. The summed E-state index contributed by atoms with van der Waals surface area (Å²) in [6.45, 7) is 3.48. The molecule has 0 atom stereocenters. The Kier molecular flexibility index (Phi) is 8.38. The summed E-state index contributed by atoms with van der Waals surface area (Å²) < 4.78 is 53.5. The van der Waals surface area contributed by atoms with Crippen molar-refractivity contribution in [2.24, 2.45) is 0 Å². The van der Waals surface area contributed by atoms with E-state index in [0.29, 0.717) is 12.0 Å². The zero-order chi connectivity index (χ0) is 28.2. The van der Waals surface area contributed by atoms with Crippen LogP contribution in [0, 0.1) is 5.82 Å². The number of fused-ring (bicyclic) bond motifs is 1. The third-order valence-electron chi connectivity index (χ3n) is 6.63. The largest absolute Gasteiger partial charge is 0.416 e. The van der Waals surface area contributed by atoms with Gasteiger partial charge in [0, 0.05) is 36.2 Å². The molecule has 9 heteroatoms. The number of carbonyl (C=O) groups excluding carboxylic acids is 2. The number of halogens is 4. The molecule has 0 aliphatic rings. The number of para-hydroxylation sites is 1. The fraction of sp³-hybridized carbons (Fsp3) is 0.267. The first kappa shape index (κ1) is 27.9. The Hall–Kier alpha value is -4.14. The monoisotopic (exact) mass is 539 g/mol. The Morgan fingerprint density at radius 1 is 0.923 bits per heavy atom. The molecule has 39 heavy (non-hydrogen) atoms. The van der Waals surface area contributed by atoms with Crippen molar-refractivity contribution in [3.63, 3.8) is 0 Å². The van der Waals surface area contributed by atoms with Gasteiger partial charge in [-0.05, 0) is 61.7 Å². The van der Waals surface area contributed by atoms with Gasteiger partial charge in [0.15, 0.2) is 0 Å². The maximum absolute atomic E-state index is 14.3. The average molecular weight is 540 g/mol. The number of amides is 2. The van der Waals surface area contributed by atoms with Gasteiger partial charge in [-0.15, -0.1) is 0 Å². The summed E-state index contributed by atoms with van der Waals surface area (Å²) in [6.07, 6.45) is -2.11. The molecule has 0 aliphatic carbocycles. The van der Waals surface area contributed by atoms with Gasteiger partial charge in [0.2, 0.25) is 5.91 Å². The Balaban J connectivity index is 1.57. The first-order valence-corrected chi connectivity index (χ1v) is 12.6. The highest BCUT2D eigenvalue weighted by Crippen LogP contribution is 2.29. The van der Waals surface area contributed by atoms with Crippen LogP contribution in [0.5, 0.6) is 0 Å². The van der Waals surface area contributed by atoms with Gasteiger partial charge < -0.3 is 14.8 Å². The normalized spacial score (nSPS) is 11.7. The average Bonchev–Trinajstić information content (AvgIpc) is 3.32. The molecule has 0 fully saturated rings. The number of hydrogen-bond acceptors (Lipinski definition) is 2. The van der Waals surface area contributed by atoms with Gasteiger partial charge in [0.05, 0.1) is 11.1 Å². The SMILES string of the molecule is CC(C)N(CC(=O)N(CCc1c[nH]c2ccccc12)Cc1ccc(C(F)(F)F)cc1)C(=O)c1ccccc1F. The molecule has 1 N–H and O–H groups in total. The molecule has 2 amide bonds. The van der Waals surface area contributed by atoms with Crippen LogP contribution in [-0.4, -0.2) is 45.7 Å². The number of hydrogen-bond donors (Lipinski definition) is 1. The van der Waals surface area contributed by atoms with Gasteiger partial charge in [-0.25, -0.2) is 4.39 Å². The fourth-order valence-corrected chi connectivity index (χ4v) is 4.43. The predicted octanol–water partition coefficient (Wildman–Crippen LogP) is 6.45. The van der Waals surface area contributed by atoms with Crippen molar-refractivity contribution in [3.05, 3.63) is 107 Å². The Bertz CT molecular complexity index is 1440.